The molecule has 0 fully saturated rings. The number of nitrogens with one attached hydrogen (secondary N) is 1. The molecule has 0 amide bonds. The van der Waals surface area contributed by atoms with E-state index in [9.17, 15) is 0 Å². The van der Waals surface area contributed by atoms with E-state index >= 15 is 0 Å². The largest absolute Gasteiger partial charge is 0.397 e. The van der Waals surface area contributed by atoms with Gasteiger partial charge in [0.25, 0.3) is 0 Å². The molecule has 18 heavy (non-hydrogen) atoms. The number of pyridine rings is 1. The fraction of sp³-hybridized carbons (Fsp3) is 0.267. The van der Waals surface area contributed by atoms with Crippen LogP contribution in [-0.4, -0.2) is 4.98 Å². The van der Waals surface area contributed by atoms with Crippen LogP contribution in [0.2, 0.25) is 0 Å². The zero-order chi connectivity index (χ0) is 13.3. The Bertz CT molecular complexity index is 589. The zero-order valence-electron chi connectivity index (χ0n) is 11.3. The van der Waals surface area contributed by atoms with Gasteiger partial charge in [-0.2, -0.15) is 0 Å². The van der Waals surface area contributed by atoms with Crippen LogP contribution in [0, 0.1) is 27.7 Å². The van der Waals surface area contributed by atoms with Gasteiger partial charge in [0.2, 0.25) is 0 Å². The maximum Gasteiger partial charge on any atom is 0.133 e. The van der Waals surface area contributed by atoms with E-state index in [-0.39, 0.29) is 0 Å². The normalized spacial score (nSPS) is 10.4. The van der Waals surface area contributed by atoms with E-state index in [0.29, 0.717) is 5.69 Å². The Morgan fingerprint density at radius 2 is 1.72 bits per heavy atom. The summed E-state index contributed by atoms with van der Waals surface area (Å²) in [6, 6.07) is 6.14. The van der Waals surface area contributed by atoms with Gasteiger partial charge in [-0.05, 0) is 62.1 Å². The van der Waals surface area contributed by atoms with Crippen molar-refractivity contribution in [1.82, 2.24) is 4.98 Å². The van der Waals surface area contributed by atoms with E-state index in [1.807, 2.05) is 13.0 Å². The number of aromatic nitrogens is 1. The van der Waals surface area contributed by atoms with Gasteiger partial charge in [-0.25, -0.2) is 4.98 Å². The molecule has 3 nitrogen and oxygen atoms in total. The van der Waals surface area contributed by atoms with Gasteiger partial charge in [0, 0.05) is 5.69 Å². The second-order valence-corrected chi connectivity index (χ2v) is 4.74. The highest BCUT2D eigenvalue weighted by Crippen LogP contribution is 2.26. The van der Waals surface area contributed by atoms with Crippen molar-refractivity contribution >= 4 is 17.2 Å². The van der Waals surface area contributed by atoms with E-state index < -0.39 is 0 Å². The summed E-state index contributed by atoms with van der Waals surface area (Å²) in [5.41, 5.74) is 12.4. The Hall–Kier alpha value is -2.03. The molecule has 1 aromatic carbocycles. The van der Waals surface area contributed by atoms with Crippen molar-refractivity contribution in [2.24, 2.45) is 0 Å². The molecule has 2 aromatic rings. The molecule has 3 heteroatoms. The molecule has 2 rings (SSSR count). The summed E-state index contributed by atoms with van der Waals surface area (Å²) in [7, 11) is 0. The molecule has 0 spiro atoms. The van der Waals surface area contributed by atoms with Crippen LogP contribution in [0.15, 0.2) is 24.4 Å². The summed E-state index contributed by atoms with van der Waals surface area (Å²) in [4.78, 5) is 4.33. The maximum atomic E-state index is 5.70. The molecule has 1 aromatic heterocycles. The molecule has 0 radical (unpaired) electrons. The smallest absolute Gasteiger partial charge is 0.133 e. The van der Waals surface area contributed by atoms with Gasteiger partial charge < -0.3 is 11.1 Å². The molecule has 0 aliphatic heterocycles. The molecule has 0 saturated carbocycles. The van der Waals surface area contributed by atoms with Crippen molar-refractivity contribution in [3.8, 4) is 0 Å². The molecule has 0 unspecified atom stereocenters. The van der Waals surface area contributed by atoms with Gasteiger partial charge in [-0.1, -0.05) is 6.07 Å². The second kappa shape index (κ2) is 4.69. The molecule has 1 heterocycles. The predicted molar refractivity (Wildman–Crippen MR) is 77.3 cm³/mol. The van der Waals surface area contributed by atoms with Crippen molar-refractivity contribution in [2.75, 3.05) is 11.1 Å². The summed E-state index contributed by atoms with van der Waals surface area (Å²) < 4.78 is 0. The fourth-order valence-corrected chi connectivity index (χ4v) is 1.95. The average molecular weight is 241 g/mol. The standard InChI is InChI=1S/C15H19N3/c1-9-5-6-14(12(4)11(9)3)18-15-10(2)7-13(16)8-17-15/h5-8H,16H2,1-4H3,(H,17,18). The fourth-order valence-electron chi connectivity index (χ4n) is 1.95. The van der Waals surface area contributed by atoms with E-state index in [1.54, 1.807) is 6.20 Å². The topological polar surface area (TPSA) is 50.9 Å². The first-order valence-electron chi connectivity index (χ1n) is 6.05. The number of nitrogen functional groups attached to an aromatic ring is 1. The molecule has 0 aliphatic rings. The number of hydrogen-bond donors (Lipinski definition) is 2. The van der Waals surface area contributed by atoms with Gasteiger partial charge in [-0.15, -0.1) is 0 Å². The molecule has 0 aliphatic carbocycles. The van der Waals surface area contributed by atoms with Crippen molar-refractivity contribution in [3.05, 3.63) is 46.6 Å². The summed E-state index contributed by atoms with van der Waals surface area (Å²) >= 11 is 0. The van der Waals surface area contributed by atoms with Gasteiger partial charge in [0.1, 0.15) is 5.82 Å². The van der Waals surface area contributed by atoms with Gasteiger partial charge in [0.15, 0.2) is 0 Å². The summed E-state index contributed by atoms with van der Waals surface area (Å²) in [6.45, 7) is 8.39. The highest BCUT2D eigenvalue weighted by atomic mass is 15.0. The van der Waals surface area contributed by atoms with Crippen molar-refractivity contribution in [3.63, 3.8) is 0 Å². The van der Waals surface area contributed by atoms with E-state index in [2.05, 4.69) is 43.2 Å². The van der Waals surface area contributed by atoms with E-state index in [1.165, 1.54) is 16.7 Å². The van der Waals surface area contributed by atoms with Crippen LogP contribution in [-0.2, 0) is 0 Å². The van der Waals surface area contributed by atoms with Crippen LogP contribution in [0.25, 0.3) is 0 Å². The number of rotatable bonds is 2. The lowest BCUT2D eigenvalue weighted by Gasteiger charge is -2.14. The first-order valence-corrected chi connectivity index (χ1v) is 6.05. The number of benzene rings is 1. The quantitative estimate of drug-likeness (QED) is 0.844. The Morgan fingerprint density at radius 3 is 2.39 bits per heavy atom. The maximum absolute atomic E-state index is 5.70. The number of nitrogens with two attached hydrogens (primary N) is 1. The third-order valence-corrected chi connectivity index (χ3v) is 3.41. The molecule has 0 saturated heterocycles. The highest BCUT2D eigenvalue weighted by molar-refractivity contribution is 5.66. The lowest BCUT2D eigenvalue weighted by atomic mass is 10.0. The van der Waals surface area contributed by atoms with Gasteiger partial charge in [-0.3, -0.25) is 0 Å². The Kier molecular flexibility index (Phi) is 3.24. The molecular weight excluding hydrogens is 222 g/mol. The molecule has 0 bridgehead atoms. The Labute approximate surface area is 108 Å². The molecular formula is C15H19N3. The third-order valence-electron chi connectivity index (χ3n) is 3.41. The Balaban J connectivity index is 2.37. The van der Waals surface area contributed by atoms with Crippen molar-refractivity contribution in [2.45, 2.75) is 27.7 Å². The summed E-state index contributed by atoms with van der Waals surface area (Å²) in [5, 5.41) is 3.37. The lowest BCUT2D eigenvalue weighted by molar-refractivity contribution is 1.22. The number of anilines is 3. The van der Waals surface area contributed by atoms with Crippen molar-refractivity contribution < 1.29 is 0 Å². The van der Waals surface area contributed by atoms with E-state index in [0.717, 1.165) is 17.1 Å². The van der Waals surface area contributed by atoms with Gasteiger partial charge in [0.05, 0.1) is 11.9 Å². The van der Waals surface area contributed by atoms with Crippen LogP contribution in [0.3, 0.4) is 0 Å². The van der Waals surface area contributed by atoms with Gasteiger partial charge >= 0.3 is 0 Å². The van der Waals surface area contributed by atoms with Crippen LogP contribution in [0.1, 0.15) is 22.3 Å². The first-order chi connectivity index (χ1) is 8.49. The monoisotopic (exact) mass is 241 g/mol. The SMILES string of the molecule is Cc1cc(N)cnc1Nc1ccc(C)c(C)c1C. The number of hydrogen-bond acceptors (Lipinski definition) is 3. The lowest BCUT2D eigenvalue weighted by Crippen LogP contribution is -2.01. The Morgan fingerprint density at radius 1 is 1.00 bits per heavy atom. The van der Waals surface area contributed by atoms with Crippen LogP contribution in [0.4, 0.5) is 17.2 Å². The molecule has 3 N–H and O–H groups in total. The highest BCUT2D eigenvalue weighted by Gasteiger charge is 2.06. The van der Waals surface area contributed by atoms with Crippen LogP contribution in [0.5, 0.6) is 0 Å². The summed E-state index contributed by atoms with van der Waals surface area (Å²) in [5.74, 6) is 0.857. The second-order valence-electron chi connectivity index (χ2n) is 4.74. The van der Waals surface area contributed by atoms with Crippen molar-refractivity contribution in [1.29, 1.82) is 0 Å². The van der Waals surface area contributed by atoms with Crippen LogP contribution < -0.4 is 11.1 Å². The zero-order valence-corrected chi connectivity index (χ0v) is 11.3. The average Bonchev–Trinajstić information content (AvgIpc) is 2.33. The molecule has 0 atom stereocenters. The number of nitrogens with zero attached hydrogens (tertiary/aromatic N) is 1. The summed E-state index contributed by atoms with van der Waals surface area (Å²) in [6.07, 6.45) is 1.67. The first kappa shape index (κ1) is 12.4. The van der Waals surface area contributed by atoms with Crippen LogP contribution >= 0.6 is 0 Å². The number of aryl methyl sites for hydroxylation is 2. The minimum atomic E-state index is 0.690. The predicted octanol–water partition coefficient (Wildman–Crippen LogP) is 3.64. The minimum Gasteiger partial charge on any atom is -0.397 e. The molecule has 94 valence electrons. The minimum absolute atomic E-state index is 0.690. The third kappa shape index (κ3) is 2.30. The van der Waals surface area contributed by atoms with E-state index in [4.69, 9.17) is 5.73 Å².